The van der Waals surface area contributed by atoms with Gasteiger partial charge in [-0.2, -0.15) is 0 Å². The minimum absolute atomic E-state index is 0.345. The van der Waals surface area contributed by atoms with E-state index in [2.05, 4.69) is 47.1 Å². The summed E-state index contributed by atoms with van der Waals surface area (Å²) in [5.41, 5.74) is 2.53. The van der Waals surface area contributed by atoms with Crippen molar-refractivity contribution in [2.75, 3.05) is 7.11 Å². The van der Waals surface area contributed by atoms with Gasteiger partial charge in [0.05, 0.1) is 12.6 Å². The van der Waals surface area contributed by atoms with Gasteiger partial charge in [-0.05, 0) is 41.8 Å². The van der Waals surface area contributed by atoms with E-state index in [1.54, 1.807) is 7.11 Å². The van der Waals surface area contributed by atoms with Crippen LogP contribution in [0.2, 0.25) is 0 Å². The van der Waals surface area contributed by atoms with Gasteiger partial charge < -0.3 is 9.84 Å². The third kappa shape index (κ3) is 7.90. The van der Waals surface area contributed by atoms with Gasteiger partial charge >= 0.3 is 0 Å². The fourth-order valence-electron chi connectivity index (χ4n) is 4.44. The number of hydrogen-bond donors (Lipinski definition) is 1. The third-order valence-corrected chi connectivity index (χ3v) is 6.28. The molecule has 1 heterocycles. The molecule has 4 heteroatoms. The molecular formula is C33H44BrNO2. The molecule has 200 valence electrons. The highest BCUT2D eigenvalue weighted by atomic mass is 79.9. The van der Waals surface area contributed by atoms with Gasteiger partial charge in [0.2, 0.25) is 5.88 Å². The summed E-state index contributed by atoms with van der Waals surface area (Å²) in [6.45, 7) is 14.1. The Bertz CT molecular complexity index is 1170. The summed E-state index contributed by atoms with van der Waals surface area (Å²) in [4.78, 5) is 4.79. The van der Waals surface area contributed by atoms with Gasteiger partial charge in [-0.3, -0.25) is 0 Å². The number of fused-ring (bicyclic) bond motifs is 1. The van der Waals surface area contributed by atoms with Gasteiger partial charge in [0.1, 0.15) is 5.60 Å². The van der Waals surface area contributed by atoms with E-state index < -0.39 is 5.60 Å². The fourth-order valence-corrected chi connectivity index (χ4v) is 4.82. The summed E-state index contributed by atoms with van der Waals surface area (Å²) in [5, 5.41) is 13.3. The highest BCUT2D eigenvalue weighted by Gasteiger charge is 2.41. The zero-order valence-electron chi connectivity index (χ0n) is 23.8. The number of aliphatic hydroxyl groups is 1. The molecule has 1 N–H and O–H groups in total. The number of methoxy groups -OCH3 is 1. The SMILES string of the molecule is CC.CC.CC.CCCC(O)(c1ccccc1)C(c1ccccc1)c1cc2cc(Br)ccc2nc1OC. The molecule has 0 saturated heterocycles. The lowest BCUT2D eigenvalue weighted by Crippen LogP contribution is -2.34. The van der Waals surface area contributed by atoms with E-state index >= 15 is 0 Å². The lowest BCUT2D eigenvalue weighted by atomic mass is 9.71. The van der Waals surface area contributed by atoms with Crippen LogP contribution in [0.15, 0.2) is 89.4 Å². The van der Waals surface area contributed by atoms with Crippen molar-refractivity contribution in [2.45, 2.75) is 72.8 Å². The maximum absolute atomic E-state index is 12.3. The summed E-state index contributed by atoms with van der Waals surface area (Å²) >= 11 is 3.57. The van der Waals surface area contributed by atoms with Crippen LogP contribution >= 0.6 is 15.9 Å². The molecule has 3 nitrogen and oxygen atoms in total. The lowest BCUT2D eigenvalue weighted by molar-refractivity contribution is 0.00882. The highest BCUT2D eigenvalue weighted by Crippen LogP contribution is 2.47. The Hall–Kier alpha value is -2.69. The van der Waals surface area contributed by atoms with E-state index in [0.29, 0.717) is 12.3 Å². The third-order valence-electron chi connectivity index (χ3n) is 5.79. The van der Waals surface area contributed by atoms with Crippen LogP contribution in [0.5, 0.6) is 5.88 Å². The molecule has 0 aliphatic heterocycles. The normalized spacial score (nSPS) is 12.4. The summed E-state index contributed by atoms with van der Waals surface area (Å²) in [6.07, 6.45) is 1.44. The molecule has 0 aliphatic rings. The average molecular weight is 567 g/mol. The Kier molecular flexibility index (Phi) is 14.8. The van der Waals surface area contributed by atoms with Crippen LogP contribution in [0.25, 0.3) is 10.9 Å². The predicted octanol–water partition coefficient (Wildman–Crippen LogP) is 9.90. The molecule has 4 rings (SSSR count). The number of aromatic nitrogens is 1. The Morgan fingerprint density at radius 1 is 0.838 bits per heavy atom. The molecule has 0 fully saturated rings. The molecule has 4 aromatic rings. The smallest absolute Gasteiger partial charge is 0.217 e. The second-order valence-electron chi connectivity index (χ2n) is 7.81. The van der Waals surface area contributed by atoms with Crippen LogP contribution < -0.4 is 4.74 Å². The van der Waals surface area contributed by atoms with Crippen LogP contribution in [0.3, 0.4) is 0 Å². The molecule has 2 atom stereocenters. The number of halogens is 1. The monoisotopic (exact) mass is 565 g/mol. The van der Waals surface area contributed by atoms with E-state index in [9.17, 15) is 5.11 Å². The van der Waals surface area contributed by atoms with E-state index in [0.717, 1.165) is 38.5 Å². The van der Waals surface area contributed by atoms with E-state index in [4.69, 9.17) is 9.72 Å². The van der Waals surface area contributed by atoms with Crippen LogP contribution in [-0.4, -0.2) is 17.2 Å². The first-order chi connectivity index (χ1) is 18.1. The summed E-state index contributed by atoms with van der Waals surface area (Å²) in [5.74, 6) is 0.191. The molecular weight excluding hydrogens is 522 g/mol. The molecule has 37 heavy (non-hydrogen) atoms. The highest BCUT2D eigenvalue weighted by molar-refractivity contribution is 9.10. The molecule has 0 amide bonds. The van der Waals surface area contributed by atoms with Gasteiger partial charge in [0.15, 0.2) is 0 Å². The maximum Gasteiger partial charge on any atom is 0.217 e. The summed E-state index contributed by atoms with van der Waals surface area (Å²) in [7, 11) is 1.64. The van der Waals surface area contributed by atoms with Gasteiger partial charge in [-0.25, -0.2) is 4.98 Å². The van der Waals surface area contributed by atoms with Crippen molar-refractivity contribution < 1.29 is 9.84 Å². The minimum atomic E-state index is -1.12. The predicted molar refractivity (Wildman–Crippen MR) is 164 cm³/mol. The minimum Gasteiger partial charge on any atom is -0.481 e. The Balaban J connectivity index is 0.00000106. The van der Waals surface area contributed by atoms with Crippen molar-refractivity contribution in [3.05, 3.63) is 106 Å². The zero-order valence-corrected chi connectivity index (χ0v) is 25.3. The van der Waals surface area contributed by atoms with E-state index in [1.807, 2.05) is 102 Å². The fraction of sp³-hybridized carbons (Fsp3) is 0.364. The van der Waals surface area contributed by atoms with E-state index in [-0.39, 0.29) is 5.92 Å². The van der Waals surface area contributed by atoms with Crippen LogP contribution in [0.1, 0.15) is 83.9 Å². The molecule has 0 spiro atoms. The van der Waals surface area contributed by atoms with Crippen molar-refractivity contribution in [1.29, 1.82) is 0 Å². The summed E-state index contributed by atoms with van der Waals surface area (Å²) in [6, 6.07) is 28.2. The number of benzene rings is 3. The van der Waals surface area contributed by atoms with Gasteiger partial charge in [-0.1, -0.05) is 131 Å². The molecule has 2 unspecified atom stereocenters. The molecule has 3 aromatic carbocycles. The topological polar surface area (TPSA) is 42.4 Å². The van der Waals surface area contributed by atoms with Crippen LogP contribution in [0.4, 0.5) is 0 Å². The number of hydrogen-bond acceptors (Lipinski definition) is 3. The van der Waals surface area contributed by atoms with Crippen molar-refractivity contribution in [2.24, 2.45) is 0 Å². The molecule has 0 radical (unpaired) electrons. The number of ether oxygens (including phenoxy) is 1. The number of rotatable bonds is 7. The second kappa shape index (κ2) is 16.9. The standard InChI is InChI=1S/C27H26BrNO2.3C2H6/c1-3-16-27(30,21-12-8-5-9-13-21)25(19-10-6-4-7-11-19)23-18-20-17-22(28)14-15-24(20)29-26(23)31-2;3*1-2/h4-15,17-18,25,30H,3,16H2,1-2H3;3*1-2H3. The first-order valence-corrected chi connectivity index (χ1v) is 14.3. The zero-order chi connectivity index (χ0) is 27.8. The number of pyridine rings is 1. The Morgan fingerprint density at radius 2 is 1.41 bits per heavy atom. The van der Waals surface area contributed by atoms with E-state index in [1.165, 1.54) is 0 Å². The Labute approximate surface area is 233 Å². The van der Waals surface area contributed by atoms with Gasteiger partial charge in [0.25, 0.3) is 0 Å². The first kappa shape index (κ1) is 32.3. The van der Waals surface area contributed by atoms with Gasteiger partial charge in [0, 0.05) is 21.3 Å². The largest absolute Gasteiger partial charge is 0.481 e. The van der Waals surface area contributed by atoms with Crippen molar-refractivity contribution in [1.82, 2.24) is 4.98 Å². The Morgan fingerprint density at radius 3 is 1.95 bits per heavy atom. The first-order valence-electron chi connectivity index (χ1n) is 13.5. The van der Waals surface area contributed by atoms with Crippen molar-refractivity contribution in [3.8, 4) is 5.88 Å². The lowest BCUT2D eigenvalue weighted by Gasteiger charge is -2.38. The van der Waals surface area contributed by atoms with Crippen molar-refractivity contribution >= 4 is 26.8 Å². The molecule has 0 bridgehead atoms. The van der Waals surface area contributed by atoms with Crippen LogP contribution in [-0.2, 0) is 5.60 Å². The molecule has 1 aromatic heterocycles. The second-order valence-corrected chi connectivity index (χ2v) is 8.72. The van der Waals surface area contributed by atoms with Crippen molar-refractivity contribution in [3.63, 3.8) is 0 Å². The van der Waals surface area contributed by atoms with Gasteiger partial charge in [-0.15, -0.1) is 0 Å². The average Bonchev–Trinajstić information content (AvgIpc) is 2.97. The number of nitrogens with zero attached hydrogens (tertiary/aromatic N) is 1. The van der Waals surface area contributed by atoms with Crippen LogP contribution in [0, 0.1) is 0 Å². The summed E-state index contributed by atoms with van der Waals surface area (Å²) < 4.78 is 6.75. The molecule has 0 saturated carbocycles. The quantitative estimate of drug-likeness (QED) is 0.242. The molecule has 0 aliphatic carbocycles. The maximum atomic E-state index is 12.3.